The molecule has 0 aromatic heterocycles. The molecule has 126 valence electrons. The molecule has 1 atom stereocenters. The van der Waals surface area contributed by atoms with Gasteiger partial charge in [0.1, 0.15) is 12.1 Å². The van der Waals surface area contributed by atoms with E-state index in [2.05, 4.69) is 0 Å². The van der Waals surface area contributed by atoms with Crippen molar-refractivity contribution in [1.82, 2.24) is 0 Å². The van der Waals surface area contributed by atoms with Crippen molar-refractivity contribution in [2.75, 3.05) is 10.8 Å². The van der Waals surface area contributed by atoms with Crippen LogP contribution in [0.2, 0.25) is 0 Å². The van der Waals surface area contributed by atoms with Crippen LogP contribution in [0.1, 0.15) is 40.7 Å². The van der Waals surface area contributed by atoms with Gasteiger partial charge in [-0.25, -0.2) is 12.8 Å². The van der Waals surface area contributed by atoms with E-state index in [0.717, 1.165) is 15.9 Å². The number of hydrogen-bond donors (Lipinski definition) is 0. The van der Waals surface area contributed by atoms with Crippen LogP contribution in [0.5, 0.6) is 0 Å². The van der Waals surface area contributed by atoms with E-state index in [4.69, 9.17) is 0 Å². The second-order valence-electron chi connectivity index (χ2n) is 5.97. The number of sulfonamides is 1. The highest BCUT2D eigenvalue weighted by molar-refractivity contribution is 7.92. The zero-order valence-electron chi connectivity index (χ0n) is 13.5. The maximum absolute atomic E-state index is 14.5. The Kier molecular flexibility index (Phi) is 4.17. The van der Waals surface area contributed by atoms with E-state index < -0.39 is 15.8 Å². The molecule has 0 N–H and O–H groups in total. The summed E-state index contributed by atoms with van der Waals surface area (Å²) in [6, 6.07) is 9.01. The number of aldehydes is 1. The molecule has 24 heavy (non-hydrogen) atoms. The van der Waals surface area contributed by atoms with Crippen LogP contribution in [0.25, 0.3) is 0 Å². The van der Waals surface area contributed by atoms with E-state index in [-0.39, 0.29) is 23.0 Å². The van der Waals surface area contributed by atoms with Gasteiger partial charge >= 0.3 is 0 Å². The fourth-order valence-corrected chi connectivity index (χ4v) is 4.69. The highest BCUT2D eigenvalue weighted by Gasteiger charge is 2.39. The van der Waals surface area contributed by atoms with E-state index in [1.807, 2.05) is 13.8 Å². The molecule has 2 aromatic rings. The third-order valence-electron chi connectivity index (χ3n) is 4.47. The molecule has 0 bridgehead atoms. The molecule has 0 saturated carbocycles. The van der Waals surface area contributed by atoms with Crippen LogP contribution in [-0.2, 0) is 10.0 Å². The van der Waals surface area contributed by atoms with Gasteiger partial charge in [-0.1, -0.05) is 24.6 Å². The Morgan fingerprint density at radius 3 is 2.46 bits per heavy atom. The van der Waals surface area contributed by atoms with Crippen molar-refractivity contribution in [3.63, 3.8) is 0 Å². The number of carbonyl (C=O) groups is 1. The minimum absolute atomic E-state index is 0.00650. The largest absolute Gasteiger partial charge is 0.298 e. The van der Waals surface area contributed by atoms with Crippen molar-refractivity contribution < 1.29 is 17.6 Å². The topological polar surface area (TPSA) is 54.5 Å². The molecule has 0 amide bonds. The van der Waals surface area contributed by atoms with Crippen molar-refractivity contribution in [2.45, 2.75) is 31.1 Å². The molecule has 1 aliphatic heterocycles. The average Bonchev–Trinajstić information content (AvgIpc) is 2.97. The van der Waals surface area contributed by atoms with Crippen molar-refractivity contribution in [3.8, 4) is 0 Å². The normalized spacial score (nSPS) is 17.0. The summed E-state index contributed by atoms with van der Waals surface area (Å²) in [5, 5.41) is 0. The molecule has 0 fully saturated rings. The molecule has 0 saturated heterocycles. The molecule has 1 aliphatic rings. The zero-order chi connectivity index (χ0) is 17.5. The third-order valence-corrected chi connectivity index (χ3v) is 6.25. The Morgan fingerprint density at radius 1 is 1.21 bits per heavy atom. The summed E-state index contributed by atoms with van der Waals surface area (Å²) in [6.45, 7) is 3.91. The van der Waals surface area contributed by atoms with E-state index in [1.54, 1.807) is 12.1 Å². The van der Waals surface area contributed by atoms with E-state index in [0.29, 0.717) is 23.8 Å². The second-order valence-corrected chi connectivity index (χ2v) is 7.83. The number of hydrogen-bond acceptors (Lipinski definition) is 3. The predicted molar refractivity (Wildman–Crippen MR) is 90.5 cm³/mol. The number of carbonyl (C=O) groups excluding carboxylic acids is 1. The molecule has 3 rings (SSSR count). The van der Waals surface area contributed by atoms with Crippen LogP contribution in [0, 0.1) is 12.7 Å². The lowest BCUT2D eigenvalue weighted by Gasteiger charge is -2.20. The molecule has 4 nitrogen and oxygen atoms in total. The van der Waals surface area contributed by atoms with Crippen molar-refractivity contribution in [2.24, 2.45) is 0 Å². The summed E-state index contributed by atoms with van der Waals surface area (Å²) >= 11 is 0. The fraction of sp³-hybridized carbons (Fsp3) is 0.278. The first-order valence-electron chi connectivity index (χ1n) is 7.77. The summed E-state index contributed by atoms with van der Waals surface area (Å²) < 4.78 is 41.5. The number of nitrogens with zero attached hydrogens (tertiary/aromatic N) is 1. The average molecular weight is 347 g/mol. The number of anilines is 1. The van der Waals surface area contributed by atoms with Gasteiger partial charge in [-0.05, 0) is 43.2 Å². The molecule has 1 heterocycles. The Morgan fingerprint density at radius 2 is 1.88 bits per heavy atom. The molecule has 2 aromatic carbocycles. The van der Waals surface area contributed by atoms with Crippen molar-refractivity contribution >= 4 is 22.0 Å². The lowest BCUT2D eigenvalue weighted by atomic mass is 9.94. The summed E-state index contributed by atoms with van der Waals surface area (Å²) in [5.74, 6) is -0.821. The lowest BCUT2D eigenvalue weighted by molar-refractivity contribution is 0.112. The smallest absolute Gasteiger partial charge is 0.264 e. The molecule has 0 aliphatic carbocycles. The summed E-state index contributed by atoms with van der Waals surface area (Å²) in [5.41, 5.74) is 1.78. The number of fused-ring (bicyclic) bond motifs is 1. The van der Waals surface area contributed by atoms with E-state index >= 15 is 0 Å². The van der Waals surface area contributed by atoms with Crippen LogP contribution in [0.15, 0.2) is 41.3 Å². The molecule has 0 radical (unpaired) electrons. The minimum Gasteiger partial charge on any atom is -0.298 e. The number of aryl methyl sites for hydroxylation is 1. The van der Waals surface area contributed by atoms with E-state index in [9.17, 15) is 17.6 Å². The van der Waals surface area contributed by atoms with Gasteiger partial charge in [-0.3, -0.25) is 9.10 Å². The maximum atomic E-state index is 14.5. The first kappa shape index (κ1) is 16.6. The van der Waals surface area contributed by atoms with Crippen LogP contribution in [-0.4, -0.2) is 21.2 Å². The second kappa shape index (κ2) is 6.02. The van der Waals surface area contributed by atoms with Gasteiger partial charge < -0.3 is 0 Å². The molecular weight excluding hydrogens is 329 g/mol. The van der Waals surface area contributed by atoms with Crippen molar-refractivity contribution in [3.05, 3.63) is 58.9 Å². The number of halogens is 1. The monoisotopic (exact) mass is 347 g/mol. The van der Waals surface area contributed by atoms with Gasteiger partial charge in [0.2, 0.25) is 0 Å². The van der Waals surface area contributed by atoms with Gasteiger partial charge in [0.05, 0.1) is 10.6 Å². The highest BCUT2D eigenvalue weighted by atomic mass is 32.2. The van der Waals surface area contributed by atoms with Crippen LogP contribution in [0.3, 0.4) is 0 Å². The molecule has 0 unspecified atom stereocenters. The Hall–Kier alpha value is -2.21. The Bertz CT molecular complexity index is 891. The highest BCUT2D eigenvalue weighted by Crippen LogP contribution is 2.44. The lowest BCUT2D eigenvalue weighted by Crippen LogP contribution is -2.30. The van der Waals surface area contributed by atoms with Crippen LogP contribution in [0.4, 0.5) is 10.1 Å². The third kappa shape index (κ3) is 2.51. The minimum atomic E-state index is -3.88. The standard InChI is InChI=1S/C18H18FNO3S/c1-3-13-10-20(18-16(19)9-6-14(11-21)17(13)18)24(22,23)15-7-4-12(2)5-8-15/h4-9,11,13H,3,10H2,1-2H3/t13-/m0/s1. The quantitative estimate of drug-likeness (QED) is 0.793. The zero-order valence-corrected chi connectivity index (χ0v) is 14.3. The SMILES string of the molecule is CC[C@H]1CN(S(=O)(=O)c2ccc(C)cc2)c2c(F)ccc(C=O)c21. The molecule has 0 spiro atoms. The molecule has 6 heteroatoms. The Labute approximate surface area is 141 Å². The van der Waals surface area contributed by atoms with Gasteiger partial charge in [0.15, 0.2) is 0 Å². The van der Waals surface area contributed by atoms with Crippen molar-refractivity contribution in [1.29, 1.82) is 0 Å². The summed E-state index contributed by atoms with van der Waals surface area (Å²) in [4.78, 5) is 11.4. The fourth-order valence-electron chi connectivity index (χ4n) is 3.15. The van der Waals surface area contributed by atoms with Gasteiger partial charge in [0, 0.05) is 18.0 Å². The number of rotatable bonds is 4. The number of benzene rings is 2. The first-order valence-corrected chi connectivity index (χ1v) is 9.21. The van der Waals surface area contributed by atoms with Gasteiger partial charge in [0.25, 0.3) is 10.0 Å². The molecular formula is C18H18FNO3S. The van der Waals surface area contributed by atoms with Gasteiger partial charge in [-0.15, -0.1) is 0 Å². The van der Waals surface area contributed by atoms with Crippen LogP contribution >= 0.6 is 0 Å². The van der Waals surface area contributed by atoms with Crippen LogP contribution < -0.4 is 4.31 Å². The maximum Gasteiger partial charge on any atom is 0.264 e. The predicted octanol–water partition coefficient (Wildman–Crippen LogP) is 3.65. The van der Waals surface area contributed by atoms with Gasteiger partial charge in [-0.2, -0.15) is 0 Å². The van der Waals surface area contributed by atoms with E-state index in [1.165, 1.54) is 18.2 Å². The first-order chi connectivity index (χ1) is 11.4. The summed E-state index contributed by atoms with van der Waals surface area (Å²) in [6.07, 6.45) is 1.28. The summed E-state index contributed by atoms with van der Waals surface area (Å²) in [7, 11) is -3.88. The Balaban J connectivity index is 2.19.